The average molecular weight is 399 g/mol. The fraction of sp³-hybridized carbons (Fsp3) is 0.174. The molecule has 0 radical (unpaired) electrons. The van der Waals surface area contributed by atoms with Crippen LogP contribution >= 0.6 is 0 Å². The van der Waals surface area contributed by atoms with Gasteiger partial charge in [-0.3, -0.25) is 4.57 Å². The molecule has 0 unspecified atom stereocenters. The molecule has 0 bridgehead atoms. The van der Waals surface area contributed by atoms with Crippen molar-refractivity contribution < 1.29 is 9.47 Å². The minimum absolute atomic E-state index is 0.605. The molecule has 0 saturated carbocycles. The second kappa shape index (κ2) is 6.88. The lowest BCUT2D eigenvalue weighted by Gasteiger charge is -2.09. The van der Waals surface area contributed by atoms with Crippen LogP contribution in [0.1, 0.15) is 11.3 Å². The molecule has 7 heteroatoms. The molecule has 30 heavy (non-hydrogen) atoms. The topological polar surface area (TPSA) is 66.5 Å². The highest BCUT2D eigenvalue weighted by Gasteiger charge is 2.20. The van der Waals surface area contributed by atoms with E-state index in [-0.39, 0.29) is 0 Å². The summed E-state index contributed by atoms with van der Waals surface area (Å²) in [7, 11) is 3.32. The van der Waals surface area contributed by atoms with E-state index in [1.54, 1.807) is 25.1 Å². The monoisotopic (exact) mass is 399 g/mol. The lowest BCUT2D eigenvalue weighted by atomic mass is 10.2. The van der Waals surface area contributed by atoms with Gasteiger partial charge in [-0.1, -0.05) is 18.2 Å². The van der Waals surface area contributed by atoms with E-state index < -0.39 is 0 Å². The molecule has 0 aliphatic carbocycles. The molecule has 0 amide bonds. The van der Waals surface area contributed by atoms with Crippen LogP contribution in [0.4, 0.5) is 0 Å². The summed E-state index contributed by atoms with van der Waals surface area (Å²) >= 11 is 0. The van der Waals surface area contributed by atoms with Crippen molar-refractivity contribution >= 4 is 16.7 Å². The first-order chi connectivity index (χ1) is 14.6. The summed E-state index contributed by atoms with van der Waals surface area (Å²) in [4.78, 5) is 9.58. The fourth-order valence-electron chi connectivity index (χ4n) is 3.87. The zero-order chi connectivity index (χ0) is 20.8. The Morgan fingerprint density at radius 3 is 2.53 bits per heavy atom. The van der Waals surface area contributed by atoms with Crippen LogP contribution in [0.15, 0.2) is 54.9 Å². The van der Waals surface area contributed by atoms with Crippen molar-refractivity contribution in [1.29, 1.82) is 0 Å². The Morgan fingerprint density at radius 1 is 0.900 bits per heavy atom. The predicted octanol–water partition coefficient (Wildman–Crippen LogP) is 4.37. The Morgan fingerprint density at radius 2 is 1.73 bits per heavy atom. The van der Waals surface area contributed by atoms with E-state index in [9.17, 15) is 0 Å². The van der Waals surface area contributed by atoms with Gasteiger partial charge in [-0.2, -0.15) is 0 Å². The second-order valence-electron chi connectivity index (χ2n) is 7.09. The number of aryl methyl sites for hydroxylation is 1. The number of methoxy groups -OCH3 is 2. The molecule has 0 atom stereocenters. The summed E-state index contributed by atoms with van der Waals surface area (Å²) in [6, 6.07) is 15.7. The Hall–Kier alpha value is -3.87. The van der Waals surface area contributed by atoms with Crippen LogP contribution in [-0.2, 0) is 0 Å². The van der Waals surface area contributed by atoms with Gasteiger partial charge in [0.05, 0.1) is 30.9 Å². The van der Waals surface area contributed by atoms with Gasteiger partial charge in [-0.25, -0.2) is 14.5 Å². The maximum absolute atomic E-state index is 5.49. The minimum Gasteiger partial charge on any atom is -0.497 e. The van der Waals surface area contributed by atoms with Gasteiger partial charge in [-0.05, 0) is 43.7 Å². The molecule has 0 fully saturated rings. The summed E-state index contributed by atoms with van der Waals surface area (Å²) < 4.78 is 14.8. The molecule has 0 spiro atoms. The van der Waals surface area contributed by atoms with Gasteiger partial charge in [-0.15, -0.1) is 5.10 Å². The Labute approximate surface area is 173 Å². The number of hydrogen-bond donors (Lipinski definition) is 0. The summed E-state index contributed by atoms with van der Waals surface area (Å²) in [6.45, 7) is 4.18. The molecular formula is C23H21N5O2. The molecule has 3 heterocycles. The van der Waals surface area contributed by atoms with Crippen LogP contribution in [0, 0.1) is 13.8 Å². The van der Waals surface area contributed by atoms with Crippen LogP contribution in [0.3, 0.4) is 0 Å². The third-order valence-electron chi connectivity index (χ3n) is 5.49. The van der Waals surface area contributed by atoms with E-state index >= 15 is 0 Å². The molecule has 7 nitrogen and oxygen atoms in total. The zero-order valence-electron chi connectivity index (χ0n) is 17.2. The molecule has 5 rings (SSSR count). The lowest BCUT2D eigenvalue weighted by Crippen LogP contribution is -1.99. The van der Waals surface area contributed by atoms with Crippen LogP contribution in [0.5, 0.6) is 11.5 Å². The van der Waals surface area contributed by atoms with Gasteiger partial charge in [0.2, 0.25) is 0 Å². The van der Waals surface area contributed by atoms with Crippen molar-refractivity contribution in [3.05, 3.63) is 66.1 Å². The normalized spacial score (nSPS) is 11.3. The fourth-order valence-corrected chi connectivity index (χ4v) is 3.87. The summed E-state index contributed by atoms with van der Waals surface area (Å²) in [5.74, 6) is 2.14. The first-order valence-corrected chi connectivity index (χ1v) is 9.63. The van der Waals surface area contributed by atoms with Gasteiger partial charge in [0.15, 0.2) is 17.1 Å². The number of fused-ring (bicyclic) bond motifs is 3. The van der Waals surface area contributed by atoms with Crippen molar-refractivity contribution in [3.63, 3.8) is 0 Å². The smallest absolute Gasteiger partial charge is 0.185 e. The first kappa shape index (κ1) is 18.2. The minimum atomic E-state index is 0.605. The van der Waals surface area contributed by atoms with Crippen LogP contribution in [0.2, 0.25) is 0 Å². The molecule has 150 valence electrons. The predicted molar refractivity (Wildman–Crippen MR) is 116 cm³/mol. The van der Waals surface area contributed by atoms with E-state index in [1.807, 2.05) is 48.5 Å². The Bertz CT molecular complexity index is 1400. The van der Waals surface area contributed by atoms with Crippen LogP contribution in [-0.4, -0.2) is 38.4 Å². The lowest BCUT2D eigenvalue weighted by molar-refractivity contribution is 0.414. The number of ether oxygens (including phenoxy) is 2. The van der Waals surface area contributed by atoms with Gasteiger partial charge >= 0.3 is 0 Å². The van der Waals surface area contributed by atoms with Crippen molar-refractivity contribution in [2.45, 2.75) is 13.8 Å². The molecule has 5 aromatic rings. The highest BCUT2D eigenvalue weighted by Crippen LogP contribution is 2.33. The molecule has 2 aromatic carbocycles. The van der Waals surface area contributed by atoms with E-state index in [0.717, 1.165) is 50.7 Å². The molecule has 0 N–H and O–H groups in total. The van der Waals surface area contributed by atoms with Gasteiger partial charge in [0.1, 0.15) is 17.8 Å². The van der Waals surface area contributed by atoms with Crippen molar-refractivity contribution in [2.75, 3.05) is 14.2 Å². The number of benzene rings is 2. The maximum atomic E-state index is 5.49. The quantitative estimate of drug-likeness (QED) is 0.449. The molecule has 0 saturated heterocycles. The molecule has 0 aliphatic heterocycles. The standard InChI is InChI=1S/C23H21N5O2/c1-14-15(2)28(16-8-7-9-17(12-16)29-3)22-20(14)23-25-21(26-27(23)13-24-22)18-10-5-6-11-19(18)30-4/h5-13H,1-4H3. The summed E-state index contributed by atoms with van der Waals surface area (Å²) in [5.41, 5.74) is 5.66. The van der Waals surface area contributed by atoms with Crippen molar-refractivity contribution in [3.8, 4) is 28.6 Å². The number of hydrogen-bond acceptors (Lipinski definition) is 5. The average Bonchev–Trinajstić information content (AvgIpc) is 3.32. The largest absolute Gasteiger partial charge is 0.497 e. The third kappa shape index (κ3) is 2.62. The summed E-state index contributed by atoms with van der Waals surface area (Å²) in [5, 5.41) is 5.63. The SMILES string of the molecule is COc1cccc(-n2c(C)c(C)c3c2ncn2nc(-c4ccccc4OC)nc32)c1. The van der Waals surface area contributed by atoms with Gasteiger partial charge < -0.3 is 9.47 Å². The molecule has 0 aliphatic rings. The van der Waals surface area contributed by atoms with E-state index in [2.05, 4.69) is 23.5 Å². The van der Waals surface area contributed by atoms with E-state index in [0.29, 0.717) is 5.82 Å². The maximum Gasteiger partial charge on any atom is 0.185 e. The second-order valence-corrected chi connectivity index (χ2v) is 7.09. The van der Waals surface area contributed by atoms with Gasteiger partial charge in [0.25, 0.3) is 0 Å². The number of aromatic nitrogens is 5. The third-order valence-corrected chi connectivity index (χ3v) is 5.49. The highest BCUT2D eigenvalue weighted by molar-refractivity contribution is 5.95. The highest BCUT2D eigenvalue weighted by atomic mass is 16.5. The van der Waals surface area contributed by atoms with E-state index in [4.69, 9.17) is 19.4 Å². The van der Waals surface area contributed by atoms with E-state index in [1.165, 1.54) is 0 Å². The number of rotatable bonds is 4. The number of nitrogens with zero attached hydrogens (tertiary/aromatic N) is 5. The Balaban J connectivity index is 1.78. The molecule has 3 aromatic heterocycles. The molecular weight excluding hydrogens is 378 g/mol. The Kier molecular flexibility index (Phi) is 4.17. The summed E-state index contributed by atoms with van der Waals surface area (Å²) in [6.07, 6.45) is 1.71. The van der Waals surface area contributed by atoms with Gasteiger partial charge in [0, 0.05) is 11.8 Å². The zero-order valence-corrected chi connectivity index (χ0v) is 17.2. The number of para-hydroxylation sites is 1. The van der Waals surface area contributed by atoms with Crippen LogP contribution < -0.4 is 9.47 Å². The van der Waals surface area contributed by atoms with Crippen molar-refractivity contribution in [1.82, 2.24) is 24.1 Å². The first-order valence-electron chi connectivity index (χ1n) is 9.63. The van der Waals surface area contributed by atoms with Crippen LogP contribution in [0.25, 0.3) is 33.8 Å². The van der Waals surface area contributed by atoms with Crippen molar-refractivity contribution in [2.24, 2.45) is 0 Å².